The SMILES string of the molecule is O=C(OC(=O)C1CC1)c1ccon1. The summed E-state index contributed by atoms with van der Waals surface area (Å²) >= 11 is 0. The molecule has 0 aliphatic heterocycles. The Morgan fingerprint density at radius 1 is 1.54 bits per heavy atom. The van der Waals surface area contributed by atoms with Crippen molar-refractivity contribution in [2.45, 2.75) is 12.8 Å². The maximum atomic E-state index is 11.1. The molecule has 0 saturated heterocycles. The van der Waals surface area contributed by atoms with Crippen LogP contribution in [0.4, 0.5) is 0 Å². The fourth-order valence-corrected chi connectivity index (χ4v) is 0.864. The highest BCUT2D eigenvalue weighted by Crippen LogP contribution is 2.30. The summed E-state index contributed by atoms with van der Waals surface area (Å²) in [5.74, 6) is -1.30. The van der Waals surface area contributed by atoms with Gasteiger partial charge in [0, 0.05) is 6.07 Å². The fraction of sp³-hybridized carbons (Fsp3) is 0.375. The van der Waals surface area contributed by atoms with E-state index < -0.39 is 11.9 Å². The summed E-state index contributed by atoms with van der Waals surface area (Å²) in [4.78, 5) is 22.1. The first-order valence-electron chi connectivity index (χ1n) is 3.94. The third-order valence-electron chi connectivity index (χ3n) is 1.75. The van der Waals surface area contributed by atoms with E-state index in [1.165, 1.54) is 12.3 Å². The van der Waals surface area contributed by atoms with E-state index in [4.69, 9.17) is 0 Å². The van der Waals surface area contributed by atoms with Crippen molar-refractivity contribution in [1.82, 2.24) is 5.16 Å². The summed E-state index contributed by atoms with van der Waals surface area (Å²) < 4.78 is 8.95. The number of hydrogen-bond acceptors (Lipinski definition) is 5. The number of ether oxygens (including phenoxy) is 1. The largest absolute Gasteiger partial charge is 0.388 e. The molecule has 1 aromatic rings. The van der Waals surface area contributed by atoms with Crippen molar-refractivity contribution in [3.63, 3.8) is 0 Å². The average Bonchev–Trinajstić information content (AvgIpc) is 2.81. The van der Waals surface area contributed by atoms with E-state index >= 15 is 0 Å². The highest BCUT2D eigenvalue weighted by Gasteiger charge is 2.33. The molecule has 1 aliphatic rings. The quantitative estimate of drug-likeness (QED) is 0.497. The van der Waals surface area contributed by atoms with E-state index in [-0.39, 0.29) is 11.6 Å². The van der Waals surface area contributed by atoms with Crippen LogP contribution < -0.4 is 0 Å². The molecular formula is C8H7NO4. The van der Waals surface area contributed by atoms with Crippen molar-refractivity contribution in [3.8, 4) is 0 Å². The maximum absolute atomic E-state index is 11.1. The lowest BCUT2D eigenvalue weighted by Crippen LogP contribution is -2.14. The molecule has 0 spiro atoms. The standard InChI is InChI=1S/C8H7NO4/c10-7(5-1-2-5)13-8(11)6-3-4-12-9-6/h3-5H,1-2H2. The summed E-state index contributed by atoms with van der Waals surface area (Å²) in [6.45, 7) is 0. The molecule has 0 bridgehead atoms. The first kappa shape index (κ1) is 7.97. The van der Waals surface area contributed by atoms with Gasteiger partial charge in [0.2, 0.25) is 0 Å². The smallest absolute Gasteiger partial charge is 0.368 e. The number of nitrogens with zero attached hydrogens (tertiary/aromatic N) is 1. The number of carbonyl (C=O) groups excluding carboxylic acids is 2. The van der Waals surface area contributed by atoms with Gasteiger partial charge in [0.15, 0.2) is 5.69 Å². The average molecular weight is 181 g/mol. The maximum Gasteiger partial charge on any atom is 0.368 e. The lowest BCUT2D eigenvalue weighted by atomic mass is 10.4. The van der Waals surface area contributed by atoms with Crippen molar-refractivity contribution in [2.24, 2.45) is 5.92 Å². The number of esters is 2. The van der Waals surface area contributed by atoms with Gasteiger partial charge in [0.25, 0.3) is 0 Å². The molecule has 68 valence electrons. The van der Waals surface area contributed by atoms with E-state index in [1.807, 2.05) is 0 Å². The molecule has 1 fully saturated rings. The minimum Gasteiger partial charge on any atom is -0.388 e. The van der Waals surface area contributed by atoms with Crippen LogP contribution in [0.15, 0.2) is 16.9 Å². The van der Waals surface area contributed by atoms with Gasteiger partial charge in [-0.25, -0.2) is 4.79 Å². The molecule has 5 nitrogen and oxygen atoms in total. The van der Waals surface area contributed by atoms with E-state index in [2.05, 4.69) is 14.4 Å². The van der Waals surface area contributed by atoms with Crippen LogP contribution in [0.25, 0.3) is 0 Å². The minimum absolute atomic E-state index is 0.0222. The molecule has 1 aromatic heterocycles. The Morgan fingerprint density at radius 2 is 2.31 bits per heavy atom. The van der Waals surface area contributed by atoms with Crippen LogP contribution in [-0.2, 0) is 9.53 Å². The third kappa shape index (κ3) is 1.74. The summed E-state index contributed by atoms with van der Waals surface area (Å²) in [5.41, 5.74) is 0.0222. The number of hydrogen-bond donors (Lipinski definition) is 0. The zero-order valence-corrected chi connectivity index (χ0v) is 6.73. The second-order valence-corrected chi connectivity index (χ2v) is 2.87. The van der Waals surface area contributed by atoms with Crippen LogP contribution in [0.2, 0.25) is 0 Å². The van der Waals surface area contributed by atoms with Crippen LogP contribution >= 0.6 is 0 Å². The van der Waals surface area contributed by atoms with Gasteiger partial charge >= 0.3 is 11.9 Å². The molecule has 13 heavy (non-hydrogen) atoms. The van der Waals surface area contributed by atoms with Crippen molar-refractivity contribution in [2.75, 3.05) is 0 Å². The third-order valence-corrected chi connectivity index (χ3v) is 1.75. The Morgan fingerprint density at radius 3 is 2.85 bits per heavy atom. The molecule has 0 amide bonds. The topological polar surface area (TPSA) is 69.4 Å². The molecule has 5 heteroatoms. The van der Waals surface area contributed by atoms with Gasteiger partial charge < -0.3 is 9.26 Å². The van der Waals surface area contributed by atoms with Gasteiger partial charge in [0.1, 0.15) is 6.26 Å². The monoisotopic (exact) mass is 181 g/mol. The van der Waals surface area contributed by atoms with E-state index in [0.29, 0.717) is 0 Å². The summed E-state index contributed by atoms with van der Waals surface area (Å²) in [6.07, 6.45) is 2.87. The highest BCUT2D eigenvalue weighted by atomic mass is 16.6. The second kappa shape index (κ2) is 3.01. The van der Waals surface area contributed by atoms with Gasteiger partial charge in [-0.3, -0.25) is 4.79 Å². The number of carbonyl (C=O) groups is 2. The Balaban J connectivity index is 1.95. The Hall–Kier alpha value is -1.65. The Labute approximate surface area is 73.7 Å². The Bertz CT molecular complexity index is 326. The lowest BCUT2D eigenvalue weighted by molar-refractivity contribution is -0.139. The van der Waals surface area contributed by atoms with Crippen LogP contribution in [0.3, 0.4) is 0 Å². The molecule has 0 aromatic carbocycles. The van der Waals surface area contributed by atoms with Crippen LogP contribution in [0.5, 0.6) is 0 Å². The molecule has 0 radical (unpaired) electrons. The van der Waals surface area contributed by atoms with Gasteiger partial charge in [-0.15, -0.1) is 0 Å². The molecule has 0 atom stereocenters. The molecule has 0 N–H and O–H groups in total. The van der Waals surface area contributed by atoms with Crippen molar-refractivity contribution >= 4 is 11.9 Å². The van der Waals surface area contributed by atoms with Crippen LogP contribution in [0, 0.1) is 5.92 Å². The summed E-state index contributed by atoms with van der Waals surface area (Å²) in [7, 11) is 0. The van der Waals surface area contributed by atoms with Gasteiger partial charge in [-0.2, -0.15) is 0 Å². The van der Waals surface area contributed by atoms with E-state index in [0.717, 1.165) is 12.8 Å². The Kier molecular flexibility index (Phi) is 1.84. The minimum atomic E-state index is -0.745. The second-order valence-electron chi connectivity index (χ2n) is 2.87. The zero-order chi connectivity index (χ0) is 9.26. The number of rotatable bonds is 2. The predicted molar refractivity (Wildman–Crippen MR) is 39.6 cm³/mol. The first-order chi connectivity index (χ1) is 6.27. The van der Waals surface area contributed by atoms with Crippen LogP contribution in [0.1, 0.15) is 23.3 Å². The van der Waals surface area contributed by atoms with Crippen molar-refractivity contribution < 1.29 is 18.8 Å². The zero-order valence-electron chi connectivity index (χ0n) is 6.73. The van der Waals surface area contributed by atoms with E-state index in [9.17, 15) is 9.59 Å². The van der Waals surface area contributed by atoms with E-state index in [1.54, 1.807) is 0 Å². The molecule has 2 rings (SSSR count). The predicted octanol–water partition coefficient (Wildman–Crippen LogP) is 0.768. The van der Waals surface area contributed by atoms with Gasteiger partial charge in [-0.1, -0.05) is 5.16 Å². The highest BCUT2D eigenvalue weighted by molar-refractivity contribution is 5.96. The lowest BCUT2D eigenvalue weighted by Gasteiger charge is -1.96. The van der Waals surface area contributed by atoms with Crippen LogP contribution in [-0.4, -0.2) is 17.1 Å². The summed E-state index contributed by atoms with van der Waals surface area (Å²) in [6, 6.07) is 1.35. The molecule has 0 unspecified atom stereocenters. The molecule has 1 aliphatic carbocycles. The molecular weight excluding hydrogens is 174 g/mol. The van der Waals surface area contributed by atoms with Crippen molar-refractivity contribution in [3.05, 3.63) is 18.0 Å². The normalized spacial score (nSPS) is 15.4. The fourth-order valence-electron chi connectivity index (χ4n) is 0.864. The molecule has 1 heterocycles. The number of aromatic nitrogens is 1. The van der Waals surface area contributed by atoms with Gasteiger partial charge in [0.05, 0.1) is 5.92 Å². The molecule has 1 saturated carbocycles. The van der Waals surface area contributed by atoms with Crippen molar-refractivity contribution in [1.29, 1.82) is 0 Å². The first-order valence-corrected chi connectivity index (χ1v) is 3.94. The summed E-state index contributed by atoms with van der Waals surface area (Å²) in [5, 5.41) is 3.35. The van der Waals surface area contributed by atoms with Gasteiger partial charge in [-0.05, 0) is 12.8 Å².